The number of hydrogen-bond acceptors (Lipinski definition) is 4. The number of carbonyl (C=O) groups is 1. The Morgan fingerprint density at radius 1 is 0.969 bits per heavy atom. The zero-order chi connectivity index (χ0) is 23.8. The van der Waals surface area contributed by atoms with Crippen molar-refractivity contribution in [2.45, 2.75) is 46.4 Å². The summed E-state index contributed by atoms with van der Waals surface area (Å²) in [6.07, 6.45) is 0. The van der Waals surface area contributed by atoms with E-state index < -0.39 is 15.9 Å². The molecule has 0 spiro atoms. The van der Waals surface area contributed by atoms with Crippen molar-refractivity contribution < 1.29 is 13.2 Å². The zero-order valence-corrected chi connectivity index (χ0v) is 20.5. The maximum Gasteiger partial charge on any atom is 0.268 e. The van der Waals surface area contributed by atoms with Gasteiger partial charge < -0.3 is 5.32 Å². The third-order valence-corrected chi connectivity index (χ3v) is 7.47. The number of sulfonamides is 1. The van der Waals surface area contributed by atoms with Crippen molar-refractivity contribution in [1.82, 2.24) is 9.78 Å². The standard InChI is InChI=1S/C24H30N4O3S/c1-15-8-9-18(4)22(13-15)25-23(29)14-28(21-11-16(2)10-17(3)12-21)32(30,31)24-19(5)26-27(7)20(24)6/h8-13H,14H2,1-7H3,(H,25,29). The average Bonchev–Trinajstić information content (AvgIpc) is 2.94. The van der Waals surface area contributed by atoms with E-state index in [1.54, 1.807) is 33.0 Å². The maximum atomic E-state index is 13.8. The lowest BCUT2D eigenvalue weighted by molar-refractivity contribution is -0.114. The summed E-state index contributed by atoms with van der Waals surface area (Å²) < 4.78 is 30.3. The van der Waals surface area contributed by atoms with Crippen molar-refractivity contribution >= 4 is 27.3 Å². The van der Waals surface area contributed by atoms with Gasteiger partial charge in [-0.15, -0.1) is 0 Å². The molecule has 0 fully saturated rings. The molecule has 0 atom stereocenters. The van der Waals surface area contributed by atoms with Crippen molar-refractivity contribution in [2.75, 3.05) is 16.2 Å². The number of rotatable bonds is 6. The van der Waals surface area contributed by atoms with Crippen molar-refractivity contribution in [3.8, 4) is 0 Å². The van der Waals surface area contributed by atoms with Crippen LogP contribution in [-0.4, -0.2) is 30.7 Å². The lowest BCUT2D eigenvalue weighted by Crippen LogP contribution is -2.38. The van der Waals surface area contributed by atoms with Gasteiger partial charge in [-0.3, -0.25) is 13.8 Å². The Morgan fingerprint density at radius 3 is 2.16 bits per heavy atom. The Bertz CT molecular complexity index is 1270. The lowest BCUT2D eigenvalue weighted by Gasteiger charge is -2.25. The molecule has 0 unspecified atom stereocenters. The first kappa shape index (κ1) is 23.5. The highest BCUT2D eigenvalue weighted by Gasteiger charge is 2.32. The van der Waals surface area contributed by atoms with E-state index in [0.29, 0.717) is 22.8 Å². The Hall–Kier alpha value is -3.13. The van der Waals surface area contributed by atoms with Crippen molar-refractivity contribution in [3.63, 3.8) is 0 Å². The first-order valence-electron chi connectivity index (χ1n) is 10.4. The monoisotopic (exact) mass is 454 g/mol. The molecule has 0 saturated carbocycles. The van der Waals surface area contributed by atoms with Gasteiger partial charge in [-0.05, 0) is 82.0 Å². The molecule has 1 aromatic heterocycles. The number of benzene rings is 2. The van der Waals surface area contributed by atoms with E-state index >= 15 is 0 Å². The fourth-order valence-corrected chi connectivity index (χ4v) is 5.65. The first-order chi connectivity index (χ1) is 14.9. The van der Waals surface area contributed by atoms with E-state index in [9.17, 15) is 13.2 Å². The molecule has 8 heteroatoms. The lowest BCUT2D eigenvalue weighted by atomic mass is 10.1. The third-order valence-electron chi connectivity index (χ3n) is 5.44. The van der Waals surface area contributed by atoms with Gasteiger partial charge in [-0.1, -0.05) is 18.2 Å². The number of nitrogens with one attached hydrogen (secondary N) is 1. The highest BCUT2D eigenvalue weighted by molar-refractivity contribution is 7.93. The summed E-state index contributed by atoms with van der Waals surface area (Å²) in [5.41, 5.74) is 5.77. The second-order valence-corrected chi connectivity index (χ2v) is 10.1. The fraction of sp³-hybridized carbons (Fsp3) is 0.333. The Morgan fingerprint density at radius 2 is 1.59 bits per heavy atom. The van der Waals surface area contributed by atoms with Gasteiger partial charge in [0, 0.05) is 12.7 Å². The number of nitrogens with zero attached hydrogens (tertiary/aromatic N) is 3. The zero-order valence-electron chi connectivity index (χ0n) is 19.6. The first-order valence-corrected chi connectivity index (χ1v) is 11.8. The van der Waals surface area contributed by atoms with Gasteiger partial charge in [0.1, 0.15) is 11.4 Å². The highest BCUT2D eigenvalue weighted by Crippen LogP contribution is 2.29. The maximum absolute atomic E-state index is 13.8. The van der Waals surface area contributed by atoms with Crippen LogP contribution in [0.1, 0.15) is 33.6 Å². The van der Waals surface area contributed by atoms with E-state index in [1.807, 2.05) is 52.0 Å². The predicted octanol–water partition coefficient (Wildman–Crippen LogP) is 4.10. The van der Waals surface area contributed by atoms with Crippen molar-refractivity contribution in [2.24, 2.45) is 7.05 Å². The van der Waals surface area contributed by atoms with Crippen molar-refractivity contribution in [1.29, 1.82) is 0 Å². The summed E-state index contributed by atoms with van der Waals surface area (Å²) in [6.45, 7) is 10.7. The average molecular weight is 455 g/mol. The van der Waals surface area contributed by atoms with Gasteiger partial charge in [0.15, 0.2) is 0 Å². The van der Waals surface area contributed by atoms with E-state index in [4.69, 9.17) is 0 Å². The topological polar surface area (TPSA) is 84.3 Å². The molecule has 32 heavy (non-hydrogen) atoms. The second-order valence-electron chi connectivity index (χ2n) is 8.35. The van der Waals surface area contributed by atoms with Crippen LogP contribution in [0.2, 0.25) is 0 Å². The molecule has 1 amide bonds. The molecule has 0 aliphatic heterocycles. The fourth-order valence-electron chi connectivity index (χ4n) is 3.84. The molecule has 0 aliphatic rings. The van der Waals surface area contributed by atoms with E-state index in [2.05, 4.69) is 10.4 Å². The van der Waals surface area contributed by atoms with Crippen LogP contribution in [-0.2, 0) is 21.9 Å². The van der Waals surface area contributed by atoms with Gasteiger partial charge in [0.25, 0.3) is 10.0 Å². The van der Waals surface area contributed by atoms with Gasteiger partial charge in [-0.25, -0.2) is 8.42 Å². The largest absolute Gasteiger partial charge is 0.324 e. The summed E-state index contributed by atoms with van der Waals surface area (Å²) in [4.78, 5) is 13.2. The van der Waals surface area contributed by atoms with Crippen LogP contribution in [0.25, 0.3) is 0 Å². The minimum Gasteiger partial charge on any atom is -0.324 e. The quantitative estimate of drug-likeness (QED) is 0.608. The van der Waals surface area contributed by atoms with Gasteiger partial charge in [0.2, 0.25) is 5.91 Å². The van der Waals surface area contributed by atoms with Crippen LogP contribution < -0.4 is 9.62 Å². The number of hydrogen-bond donors (Lipinski definition) is 1. The smallest absolute Gasteiger partial charge is 0.268 e. The normalized spacial score (nSPS) is 11.5. The molecule has 7 nitrogen and oxygen atoms in total. The Balaban J connectivity index is 2.07. The molecule has 2 aromatic carbocycles. The van der Waals surface area contributed by atoms with Crippen LogP contribution in [0.5, 0.6) is 0 Å². The molecule has 0 aliphatic carbocycles. The third kappa shape index (κ3) is 4.70. The highest BCUT2D eigenvalue weighted by atomic mass is 32.2. The molecule has 170 valence electrons. The summed E-state index contributed by atoms with van der Waals surface area (Å²) in [6, 6.07) is 11.3. The SMILES string of the molecule is Cc1cc(C)cc(N(CC(=O)Nc2cc(C)ccc2C)S(=O)(=O)c2c(C)nn(C)c2C)c1. The summed E-state index contributed by atoms with van der Waals surface area (Å²) >= 11 is 0. The molecule has 3 aromatic rings. The van der Waals surface area contributed by atoms with Crippen molar-refractivity contribution in [3.05, 3.63) is 70.0 Å². The minimum absolute atomic E-state index is 0.124. The van der Waals surface area contributed by atoms with E-state index in [0.717, 1.165) is 22.3 Å². The van der Waals surface area contributed by atoms with Crippen LogP contribution in [0.4, 0.5) is 11.4 Å². The molecule has 3 rings (SSSR count). The van der Waals surface area contributed by atoms with Crippen LogP contribution >= 0.6 is 0 Å². The van der Waals surface area contributed by atoms with Crippen LogP contribution in [0, 0.1) is 41.5 Å². The van der Waals surface area contributed by atoms with E-state index in [1.165, 1.54) is 8.99 Å². The minimum atomic E-state index is -4.04. The van der Waals surface area contributed by atoms with E-state index in [-0.39, 0.29) is 11.4 Å². The summed E-state index contributed by atoms with van der Waals surface area (Å²) in [5, 5.41) is 7.14. The Labute approximate surface area is 190 Å². The van der Waals surface area contributed by atoms with Gasteiger partial charge in [0.05, 0.1) is 17.1 Å². The van der Waals surface area contributed by atoms with Crippen LogP contribution in [0.3, 0.4) is 0 Å². The Kier molecular flexibility index (Phi) is 6.46. The second kappa shape index (κ2) is 8.78. The molecule has 0 radical (unpaired) electrons. The molecular formula is C24H30N4O3S. The van der Waals surface area contributed by atoms with Crippen LogP contribution in [0.15, 0.2) is 41.3 Å². The number of carbonyl (C=O) groups excluding carboxylic acids is 1. The summed E-state index contributed by atoms with van der Waals surface area (Å²) in [5.74, 6) is -0.416. The van der Waals surface area contributed by atoms with Gasteiger partial charge in [-0.2, -0.15) is 5.10 Å². The van der Waals surface area contributed by atoms with Gasteiger partial charge >= 0.3 is 0 Å². The molecule has 0 bridgehead atoms. The number of aromatic nitrogens is 2. The number of aryl methyl sites for hydroxylation is 6. The number of anilines is 2. The molecule has 0 saturated heterocycles. The molecular weight excluding hydrogens is 424 g/mol. The molecule has 1 heterocycles. The number of amides is 1. The predicted molar refractivity (Wildman–Crippen MR) is 128 cm³/mol. The molecule has 1 N–H and O–H groups in total. The summed E-state index contributed by atoms with van der Waals surface area (Å²) in [7, 11) is -2.34.